The molecule has 0 aromatic heterocycles. The maximum Gasteiger partial charge on any atom is 0.471 e. The van der Waals surface area contributed by atoms with E-state index < -0.39 is 53.4 Å². The van der Waals surface area contributed by atoms with Crippen LogP contribution in [0.1, 0.15) is 52.9 Å². The number of alkyl halides is 3. The molecule has 6 atom stereocenters. The van der Waals surface area contributed by atoms with Gasteiger partial charge in [0.25, 0.3) is 0 Å². The fourth-order valence-corrected chi connectivity index (χ4v) is 5.45. The third-order valence-electron chi connectivity index (χ3n) is 7.24. The molecule has 3 aliphatic rings. The predicted molar refractivity (Wildman–Crippen MR) is 117 cm³/mol. The molecule has 0 aromatic rings. The minimum absolute atomic E-state index is 0.00906. The van der Waals surface area contributed by atoms with E-state index in [9.17, 15) is 37.6 Å². The number of carbonyl (C=O) groups is 4. The number of carbonyl (C=O) groups excluding carboxylic acids is 4. The molecule has 3 unspecified atom stereocenters. The highest BCUT2D eigenvalue weighted by atomic mass is 19.4. The van der Waals surface area contributed by atoms with Crippen LogP contribution in [0, 0.1) is 34.5 Å². The maximum absolute atomic E-state index is 13.5. The Morgan fingerprint density at radius 1 is 1.17 bits per heavy atom. The molecule has 3 rings (SSSR count). The van der Waals surface area contributed by atoms with Gasteiger partial charge in [-0.25, -0.2) is 0 Å². The highest BCUT2D eigenvalue weighted by Gasteiger charge is 2.53. The standard InChI is InChI=1S/C23H32F3N5O4/c1-22(2,3)17(30-21(35)23(24,25)26)20(34)31-11-13-5-4-6-15(13)16(31)19(33)29-14(10-27)9-12-7-8-28-18(12)32/h12-17H,4-9,11H2,1-3H3,(H,28,32)(H,29,33)(H,30,35)/t12-,13?,14-,15?,16?,17+/m0/s1. The number of hydrogen-bond donors (Lipinski definition) is 3. The van der Waals surface area contributed by atoms with Crippen molar-refractivity contribution < 1.29 is 32.3 Å². The average molecular weight is 500 g/mol. The topological polar surface area (TPSA) is 131 Å². The van der Waals surface area contributed by atoms with E-state index in [0.29, 0.717) is 19.4 Å². The third-order valence-corrected chi connectivity index (χ3v) is 7.24. The van der Waals surface area contributed by atoms with Crippen molar-refractivity contribution in [3.63, 3.8) is 0 Å². The molecule has 9 nitrogen and oxygen atoms in total. The summed E-state index contributed by atoms with van der Waals surface area (Å²) in [5, 5.41) is 16.7. The summed E-state index contributed by atoms with van der Waals surface area (Å²) in [7, 11) is 0. The van der Waals surface area contributed by atoms with Crippen molar-refractivity contribution in [3.05, 3.63) is 0 Å². The number of nitrogens with one attached hydrogen (secondary N) is 3. The summed E-state index contributed by atoms with van der Waals surface area (Å²) < 4.78 is 38.8. The highest BCUT2D eigenvalue weighted by molar-refractivity contribution is 5.94. The Balaban J connectivity index is 1.81. The minimum Gasteiger partial charge on any atom is -0.356 e. The lowest BCUT2D eigenvalue weighted by molar-refractivity contribution is -0.176. The summed E-state index contributed by atoms with van der Waals surface area (Å²) >= 11 is 0. The Morgan fingerprint density at radius 2 is 1.86 bits per heavy atom. The van der Waals surface area contributed by atoms with Gasteiger partial charge in [-0.15, -0.1) is 0 Å². The molecule has 12 heteroatoms. The van der Waals surface area contributed by atoms with Gasteiger partial charge in [-0.2, -0.15) is 18.4 Å². The van der Waals surface area contributed by atoms with Crippen molar-refractivity contribution in [2.24, 2.45) is 23.2 Å². The summed E-state index contributed by atoms with van der Waals surface area (Å²) in [5.41, 5.74) is -1.05. The van der Waals surface area contributed by atoms with Crippen molar-refractivity contribution in [2.45, 2.75) is 77.2 Å². The largest absolute Gasteiger partial charge is 0.471 e. The molecule has 194 valence electrons. The second-order valence-corrected chi connectivity index (χ2v) is 10.8. The first-order valence-corrected chi connectivity index (χ1v) is 11.9. The molecule has 0 aromatic carbocycles. The van der Waals surface area contributed by atoms with Crippen LogP contribution >= 0.6 is 0 Å². The first-order chi connectivity index (χ1) is 16.2. The van der Waals surface area contributed by atoms with Gasteiger partial charge in [-0.3, -0.25) is 19.2 Å². The van der Waals surface area contributed by atoms with Crippen molar-refractivity contribution >= 4 is 23.6 Å². The number of hydrogen-bond acceptors (Lipinski definition) is 5. The lowest BCUT2D eigenvalue weighted by Crippen LogP contribution is -2.60. The number of halogens is 3. The molecule has 3 N–H and O–H groups in total. The molecule has 0 radical (unpaired) electrons. The Morgan fingerprint density at radius 3 is 2.40 bits per heavy atom. The van der Waals surface area contributed by atoms with Crippen LogP contribution in [0.15, 0.2) is 0 Å². The number of fused-ring (bicyclic) bond motifs is 1. The zero-order chi connectivity index (χ0) is 26.1. The Kier molecular flexibility index (Phi) is 7.67. The Labute approximate surface area is 202 Å². The summed E-state index contributed by atoms with van der Waals surface area (Å²) in [4.78, 5) is 51.7. The van der Waals surface area contributed by atoms with Gasteiger partial charge in [-0.1, -0.05) is 27.2 Å². The van der Waals surface area contributed by atoms with Gasteiger partial charge in [0, 0.05) is 19.0 Å². The molecule has 2 aliphatic heterocycles. The minimum atomic E-state index is -5.16. The number of nitrogens with zero attached hydrogens (tertiary/aromatic N) is 2. The average Bonchev–Trinajstić information content (AvgIpc) is 3.45. The van der Waals surface area contributed by atoms with Crippen LogP contribution in [0.3, 0.4) is 0 Å². The molecule has 2 heterocycles. The zero-order valence-corrected chi connectivity index (χ0v) is 20.1. The lowest BCUT2D eigenvalue weighted by Gasteiger charge is -2.36. The fraction of sp³-hybridized carbons (Fsp3) is 0.783. The summed E-state index contributed by atoms with van der Waals surface area (Å²) in [6, 6.07) is -1.41. The van der Waals surface area contributed by atoms with Gasteiger partial charge in [-0.05, 0) is 42.9 Å². The normalized spacial score (nSPS) is 28.0. The smallest absolute Gasteiger partial charge is 0.356 e. The van der Waals surface area contributed by atoms with Gasteiger partial charge in [0.15, 0.2) is 0 Å². The summed E-state index contributed by atoms with van der Waals surface area (Å²) in [6.45, 7) is 5.31. The quantitative estimate of drug-likeness (QED) is 0.506. The lowest BCUT2D eigenvalue weighted by atomic mass is 9.85. The van der Waals surface area contributed by atoms with Crippen LogP contribution in [0.25, 0.3) is 0 Å². The monoisotopic (exact) mass is 499 g/mol. The molecular formula is C23H32F3N5O4. The number of rotatable bonds is 6. The van der Waals surface area contributed by atoms with Crippen LogP contribution < -0.4 is 16.0 Å². The van der Waals surface area contributed by atoms with Gasteiger partial charge in [0.2, 0.25) is 17.7 Å². The summed E-state index contributed by atoms with van der Waals surface area (Å²) in [6.07, 6.45) is -2.17. The van der Waals surface area contributed by atoms with Gasteiger partial charge >= 0.3 is 12.1 Å². The SMILES string of the molecule is CC(C)(C)[C@H](NC(=O)C(F)(F)F)C(=O)N1CC2CCCC2C1C(=O)N[C@H](C#N)C[C@@H]1CCNC1=O. The van der Waals surface area contributed by atoms with E-state index in [1.165, 1.54) is 25.7 Å². The van der Waals surface area contributed by atoms with E-state index in [1.807, 2.05) is 11.4 Å². The maximum atomic E-state index is 13.5. The fourth-order valence-electron chi connectivity index (χ4n) is 5.45. The molecule has 35 heavy (non-hydrogen) atoms. The van der Waals surface area contributed by atoms with E-state index in [2.05, 4.69) is 10.6 Å². The van der Waals surface area contributed by atoms with E-state index in [1.54, 1.807) is 0 Å². The number of nitriles is 1. The van der Waals surface area contributed by atoms with E-state index in [-0.39, 0.29) is 30.7 Å². The van der Waals surface area contributed by atoms with Gasteiger partial charge in [0.05, 0.1) is 6.07 Å². The van der Waals surface area contributed by atoms with Gasteiger partial charge in [0.1, 0.15) is 18.1 Å². The third kappa shape index (κ3) is 5.87. The molecule has 1 saturated carbocycles. The van der Waals surface area contributed by atoms with Crippen LogP contribution in [-0.2, 0) is 19.2 Å². The van der Waals surface area contributed by atoms with Crippen LogP contribution in [0.5, 0.6) is 0 Å². The van der Waals surface area contributed by atoms with Crippen molar-refractivity contribution in [3.8, 4) is 6.07 Å². The van der Waals surface area contributed by atoms with Crippen molar-refractivity contribution in [1.29, 1.82) is 5.26 Å². The molecule has 2 saturated heterocycles. The van der Waals surface area contributed by atoms with Crippen LogP contribution in [-0.4, -0.2) is 65.9 Å². The Bertz CT molecular complexity index is 910. The zero-order valence-electron chi connectivity index (χ0n) is 20.1. The van der Waals surface area contributed by atoms with Crippen molar-refractivity contribution in [1.82, 2.24) is 20.9 Å². The van der Waals surface area contributed by atoms with Crippen LogP contribution in [0.2, 0.25) is 0 Å². The van der Waals surface area contributed by atoms with E-state index in [4.69, 9.17) is 0 Å². The number of amides is 4. The second kappa shape index (κ2) is 10.0. The summed E-state index contributed by atoms with van der Waals surface area (Å²) in [5.74, 6) is -4.29. The van der Waals surface area contributed by atoms with Gasteiger partial charge < -0.3 is 20.9 Å². The van der Waals surface area contributed by atoms with E-state index >= 15 is 0 Å². The first-order valence-electron chi connectivity index (χ1n) is 11.9. The van der Waals surface area contributed by atoms with Crippen LogP contribution in [0.4, 0.5) is 13.2 Å². The molecule has 4 amide bonds. The predicted octanol–water partition coefficient (Wildman–Crippen LogP) is 1.24. The molecule has 3 fully saturated rings. The molecule has 0 bridgehead atoms. The van der Waals surface area contributed by atoms with E-state index in [0.717, 1.165) is 12.8 Å². The molecule has 0 spiro atoms. The highest BCUT2D eigenvalue weighted by Crippen LogP contribution is 2.43. The van der Waals surface area contributed by atoms with Crippen molar-refractivity contribution in [2.75, 3.05) is 13.1 Å². The molecular weight excluding hydrogens is 467 g/mol. The number of likely N-dealkylation sites (tertiary alicyclic amines) is 1. The first kappa shape index (κ1) is 26.8. The second-order valence-electron chi connectivity index (χ2n) is 10.8. The Hall–Kier alpha value is -2.84. The molecule has 1 aliphatic carbocycles.